The number of nitrogens with one attached hydrogen (secondary N) is 1. The van der Waals surface area contributed by atoms with Gasteiger partial charge in [-0.1, -0.05) is 27.7 Å². The molecule has 0 spiro atoms. The second-order valence-corrected chi connectivity index (χ2v) is 6.07. The van der Waals surface area contributed by atoms with Crippen LogP contribution in [0.5, 0.6) is 0 Å². The zero-order chi connectivity index (χ0) is 11.3. The van der Waals surface area contributed by atoms with Gasteiger partial charge in [0.05, 0.1) is 5.69 Å². The number of fused-ring (bicyclic) bond motifs is 1. The largest absolute Gasteiger partial charge is 0.388 e. The Morgan fingerprint density at radius 3 is 2.60 bits per heavy atom. The van der Waals surface area contributed by atoms with E-state index in [9.17, 15) is 0 Å². The minimum atomic E-state index is 0.00348. The molecule has 0 bridgehead atoms. The molecule has 3 nitrogen and oxygen atoms in total. The molecule has 1 aliphatic rings. The monoisotopic (exact) mass is 208 g/mol. The second kappa shape index (κ2) is 3.08. The van der Waals surface area contributed by atoms with Gasteiger partial charge in [-0.15, -0.1) is 0 Å². The lowest BCUT2D eigenvalue weighted by Gasteiger charge is -2.39. The maximum Gasteiger partial charge on any atom is 0.132 e. The number of aromatic amines is 1. The van der Waals surface area contributed by atoms with Crippen LogP contribution in [0.4, 0.5) is 0 Å². The summed E-state index contributed by atoms with van der Waals surface area (Å²) in [5.74, 6) is 0.700. The van der Waals surface area contributed by atoms with Gasteiger partial charge in [0.1, 0.15) is 12.4 Å². The fraction of sp³-hybridized carbons (Fsp3) is 0.750. The molecule has 0 radical (unpaired) electrons. The predicted molar refractivity (Wildman–Crippen MR) is 59.6 cm³/mol. The number of nitrogens with zero attached hydrogens (tertiary/aromatic N) is 1. The lowest BCUT2D eigenvalue weighted by Crippen LogP contribution is -2.34. The molecule has 84 valence electrons. The normalized spacial score (nSPS) is 22.5. The SMILES string of the molecule is CC1(C)Cc2[nH]c(CO)nc2C(C)(C)C1. The molecule has 1 aromatic rings. The summed E-state index contributed by atoms with van der Waals surface area (Å²) in [7, 11) is 0. The summed E-state index contributed by atoms with van der Waals surface area (Å²) in [5.41, 5.74) is 2.78. The van der Waals surface area contributed by atoms with Crippen molar-refractivity contribution in [2.75, 3.05) is 0 Å². The molecule has 0 saturated heterocycles. The van der Waals surface area contributed by atoms with Crippen molar-refractivity contribution in [3.05, 3.63) is 17.2 Å². The van der Waals surface area contributed by atoms with E-state index in [4.69, 9.17) is 5.11 Å². The fourth-order valence-corrected chi connectivity index (χ4v) is 3.05. The Morgan fingerprint density at radius 1 is 1.33 bits per heavy atom. The smallest absolute Gasteiger partial charge is 0.132 e. The zero-order valence-electron chi connectivity index (χ0n) is 10.0. The van der Waals surface area contributed by atoms with Crippen LogP contribution >= 0.6 is 0 Å². The fourth-order valence-electron chi connectivity index (χ4n) is 3.05. The van der Waals surface area contributed by atoms with Gasteiger partial charge in [0.25, 0.3) is 0 Å². The molecule has 15 heavy (non-hydrogen) atoms. The summed E-state index contributed by atoms with van der Waals surface area (Å²) in [4.78, 5) is 7.72. The summed E-state index contributed by atoms with van der Waals surface area (Å²) in [6.45, 7) is 9.04. The Kier molecular flexibility index (Phi) is 2.19. The third kappa shape index (κ3) is 1.81. The first kappa shape index (κ1) is 10.7. The molecule has 1 heterocycles. The number of rotatable bonds is 1. The first-order valence-electron chi connectivity index (χ1n) is 5.53. The Hall–Kier alpha value is -0.830. The van der Waals surface area contributed by atoms with E-state index in [1.54, 1.807) is 0 Å². The van der Waals surface area contributed by atoms with Crippen molar-refractivity contribution < 1.29 is 5.11 Å². The van der Waals surface area contributed by atoms with Gasteiger partial charge in [-0.05, 0) is 18.3 Å². The van der Waals surface area contributed by atoms with Gasteiger partial charge in [0.15, 0.2) is 0 Å². The van der Waals surface area contributed by atoms with Crippen molar-refractivity contribution in [2.24, 2.45) is 5.41 Å². The topological polar surface area (TPSA) is 48.9 Å². The van der Waals surface area contributed by atoms with Gasteiger partial charge in [-0.2, -0.15) is 0 Å². The summed E-state index contributed by atoms with van der Waals surface area (Å²) in [5, 5.41) is 9.09. The standard InChI is InChI=1S/C12H20N2O/c1-11(2)5-8-10(12(3,4)7-11)14-9(6-15)13-8/h15H,5-7H2,1-4H3,(H,13,14). The molecule has 3 heteroatoms. The molecule has 0 saturated carbocycles. The average Bonchev–Trinajstić information content (AvgIpc) is 2.44. The van der Waals surface area contributed by atoms with Gasteiger partial charge in [0.2, 0.25) is 0 Å². The van der Waals surface area contributed by atoms with Crippen LogP contribution in [0.3, 0.4) is 0 Å². The highest BCUT2D eigenvalue weighted by Gasteiger charge is 2.39. The van der Waals surface area contributed by atoms with Crippen LogP contribution in [-0.2, 0) is 18.4 Å². The molecular formula is C12H20N2O. The third-order valence-electron chi connectivity index (χ3n) is 3.19. The van der Waals surface area contributed by atoms with Crippen LogP contribution < -0.4 is 0 Å². The first-order valence-corrected chi connectivity index (χ1v) is 5.53. The van der Waals surface area contributed by atoms with E-state index in [0.717, 1.165) is 18.5 Å². The number of hydrogen-bond donors (Lipinski definition) is 2. The first-order chi connectivity index (χ1) is 6.84. The van der Waals surface area contributed by atoms with Gasteiger partial charge in [-0.25, -0.2) is 4.98 Å². The van der Waals surface area contributed by atoms with Crippen molar-refractivity contribution in [3.8, 4) is 0 Å². The number of hydrogen-bond acceptors (Lipinski definition) is 2. The van der Waals surface area contributed by atoms with Gasteiger partial charge < -0.3 is 10.1 Å². The summed E-state index contributed by atoms with van der Waals surface area (Å²) in [6.07, 6.45) is 2.17. The highest BCUT2D eigenvalue weighted by molar-refractivity contribution is 5.28. The van der Waals surface area contributed by atoms with E-state index in [1.165, 1.54) is 5.69 Å². The Balaban J connectivity index is 2.48. The maximum absolute atomic E-state index is 9.09. The highest BCUT2D eigenvalue weighted by atomic mass is 16.3. The molecule has 0 aliphatic heterocycles. The summed E-state index contributed by atoms with van der Waals surface area (Å²) >= 11 is 0. The predicted octanol–water partition coefficient (Wildman–Crippen LogP) is 2.15. The van der Waals surface area contributed by atoms with Gasteiger partial charge in [0, 0.05) is 11.1 Å². The van der Waals surface area contributed by atoms with Crippen molar-refractivity contribution >= 4 is 0 Å². The van der Waals surface area contributed by atoms with E-state index in [1.807, 2.05) is 0 Å². The van der Waals surface area contributed by atoms with Crippen LogP contribution in [0.25, 0.3) is 0 Å². The molecule has 0 aromatic carbocycles. The second-order valence-electron chi connectivity index (χ2n) is 6.07. The van der Waals surface area contributed by atoms with E-state index < -0.39 is 0 Å². The molecule has 0 amide bonds. The molecule has 1 aliphatic carbocycles. The van der Waals surface area contributed by atoms with Crippen LogP contribution in [0.1, 0.15) is 51.3 Å². The quantitative estimate of drug-likeness (QED) is 0.743. The van der Waals surface area contributed by atoms with Crippen molar-refractivity contribution in [3.63, 3.8) is 0 Å². The molecule has 0 fully saturated rings. The van der Waals surface area contributed by atoms with Crippen molar-refractivity contribution in [2.45, 2.75) is 52.6 Å². The van der Waals surface area contributed by atoms with Crippen LogP contribution in [-0.4, -0.2) is 15.1 Å². The lowest BCUT2D eigenvalue weighted by molar-refractivity contribution is 0.226. The highest BCUT2D eigenvalue weighted by Crippen LogP contribution is 2.44. The Bertz CT molecular complexity index is 377. The number of aromatic nitrogens is 2. The van der Waals surface area contributed by atoms with E-state index in [0.29, 0.717) is 11.2 Å². The van der Waals surface area contributed by atoms with Crippen molar-refractivity contribution in [1.82, 2.24) is 9.97 Å². The Labute approximate surface area is 90.9 Å². The van der Waals surface area contributed by atoms with E-state index in [2.05, 4.69) is 37.7 Å². The molecule has 0 unspecified atom stereocenters. The number of aliphatic hydroxyl groups excluding tert-OH is 1. The molecule has 1 aromatic heterocycles. The number of H-pyrrole nitrogens is 1. The lowest BCUT2D eigenvalue weighted by atomic mass is 9.66. The molecule has 2 rings (SSSR count). The molecule has 2 N–H and O–H groups in total. The van der Waals surface area contributed by atoms with Gasteiger partial charge in [-0.3, -0.25) is 0 Å². The minimum absolute atomic E-state index is 0.00348. The maximum atomic E-state index is 9.09. The van der Waals surface area contributed by atoms with Crippen LogP contribution in [0, 0.1) is 5.41 Å². The Morgan fingerprint density at radius 2 is 2.00 bits per heavy atom. The minimum Gasteiger partial charge on any atom is -0.388 e. The van der Waals surface area contributed by atoms with Crippen LogP contribution in [0.15, 0.2) is 0 Å². The van der Waals surface area contributed by atoms with Gasteiger partial charge >= 0.3 is 0 Å². The van der Waals surface area contributed by atoms with E-state index in [-0.39, 0.29) is 12.0 Å². The molecule has 0 atom stereocenters. The third-order valence-corrected chi connectivity index (χ3v) is 3.19. The van der Waals surface area contributed by atoms with Crippen LogP contribution in [0.2, 0.25) is 0 Å². The number of imidazole rings is 1. The zero-order valence-corrected chi connectivity index (χ0v) is 10.0. The van der Waals surface area contributed by atoms with Crippen molar-refractivity contribution in [1.29, 1.82) is 0 Å². The van der Waals surface area contributed by atoms with E-state index >= 15 is 0 Å². The summed E-state index contributed by atoms with van der Waals surface area (Å²) in [6, 6.07) is 0. The molecular weight excluding hydrogens is 188 g/mol. The average molecular weight is 208 g/mol. The summed E-state index contributed by atoms with van der Waals surface area (Å²) < 4.78 is 0. The number of aliphatic hydroxyl groups is 1.